The summed E-state index contributed by atoms with van der Waals surface area (Å²) in [6.45, 7) is 0.753. The van der Waals surface area contributed by atoms with E-state index in [2.05, 4.69) is 5.32 Å². The Morgan fingerprint density at radius 1 is 1.41 bits per heavy atom. The predicted molar refractivity (Wildman–Crippen MR) is 64.8 cm³/mol. The molecule has 17 heavy (non-hydrogen) atoms. The second kappa shape index (κ2) is 4.04. The Kier molecular flexibility index (Phi) is 2.52. The van der Waals surface area contributed by atoms with E-state index in [1.54, 1.807) is 0 Å². The second-order valence-corrected chi connectivity index (χ2v) is 4.80. The highest BCUT2D eigenvalue weighted by Crippen LogP contribution is 2.34. The fourth-order valence-electron chi connectivity index (χ4n) is 2.11. The molecule has 1 aliphatic carbocycles. The van der Waals surface area contributed by atoms with E-state index in [1.807, 2.05) is 18.2 Å². The van der Waals surface area contributed by atoms with Gasteiger partial charge in [-0.05, 0) is 18.4 Å². The van der Waals surface area contributed by atoms with Gasteiger partial charge in [-0.1, -0.05) is 18.9 Å². The minimum atomic E-state index is -0.537. The number of amides is 1. The Labute approximate surface area is 100 Å². The summed E-state index contributed by atoms with van der Waals surface area (Å²) in [7, 11) is 0. The SMILES string of the molecule is NC1C(=O)Nc2cc(OCCC3CC3)ccc21. The third kappa shape index (κ3) is 2.13. The molecule has 2 aliphatic rings. The number of ether oxygens (including phenoxy) is 1. The number of hydrogen-bond donors (Lipinski definition) is 2. The molecule has 4 nitrogen and oxygen atoms in total. The number of benzene rings is 1. The van der Waals surface area contributed by atoms with Crippen molar-refractivity contribution in [1.82, 2.24) is 0 Å². The Morgan fingerprint density at radius 2 is 2.24 bits per heavy atom. The van der Waals surface area contributed by atoms with Gasteiger partial charge in [0.25, 0.3) is 0 Å². The van der Waals surface area contributed by atoms with Gasteiger partial charge in [-0.3, -0.25) is 4.79 Å². The monoisotopic (exact) mass is 232 g/mol. The smallest absolute Gasteiger partial charge is 0.245 e. The molecule has 3 N–H and O–H groups in total. The van der Waals surface area contributed by atoms with Crippen LogP contribution in [0.25, 0.3) is 0 Å². The average Bonchev–Trinajstić information content (AvgIpc) is 3.08. The van der Waals surface area contributed by atoms with E-state index in [0.717, 1.165) is 35.9 Å². The molecule has 1 aliphatic heterocycles. The zero-order chi connectivity index (χ0) is 11.8. The van der Waals surface area contributed by atoms with Crippen molar-refractivity contribution in [2.24, 2.45) is 11.7 Å². The maximum Gasteiger partial charge on any atom is 0.245 e. The Bertz CT molecular complexity index is 455. The van der Waals surface area contributed by atoms with E-state index in [4.69, 9.17) is 10.5 Å². The van der Waals surface area contributed by atoms with Crippen LogP contribution >= 0.6 is 0 Å². The van der Waals surface area contributed by atoms with E-state index in [1.165, 1.54) is 12.8 Å². The molecule has 1 aromatic carbocycles. The first-order chi connectivity index (χ1) is 8.24. The highest BCUT2D eigenvalue weighted by atomic mass is 16.5. The van der Waals surface area contributed by atoms with Crippen molar-refractivity contribution in [2.45, 2.75) is 25.3 Å². The van der Waals surface area contributed by atoms with Crippen molar-refractivity contribution >= 4 is 11.6 Å². The van der Waals surface area contributed by atoms with Gasteiger partial charge in [-0.25, -0.2) is 0 Å². The van der Waals surface area contributed by atoms with Crippen molar-refractivity contribution in [3.05, 3.63) is 23.8 Å². The van der Waals surface area contributed by atoms with E-state index in [0.29, 0.717) is 0 Å². The van der Waals surface area contributed by atoms with Crippen molar-refractivity contribution in [2.75, 3.05) is 11.9 Å². The Balaban J connectivity index is 1.66. The molecule has 0 aromatic heterocycles. The maximum absolute atomic E-state index is 11.4. The Hall–Kier alpha value is -1.55. The third-order valence-electron chi connectivity index (χ3n) is 3.39. The minimum Gasteiger partial charge on any atom is -0.494 e. The topological polar surface area (TPSA) is 64.4 Å². The maximum atomic E-state index is 11.4. The normalized spacial score (nSPS) is 22.2. The lowest BCUT2D eigenvalue weighted by molar-refractivity contribution is -0.116. The number of hydrogen-bond acceptors (Lipinski definition) is 3. The molecule has 1 fully saturated rings. The fourth-order valence-corrected chi connectivity index (χ4v) is 2.11. The van der Waals surface area contributed by atoms with Crippen LogP contribution < -0.4 is 15.8 Å². The molecule has 1 heterocycles. The molecule has 0 saturated heterocycles. The van der Waals surface area contributed by atoms with E-state index in [9.17, 15) is 4.79 Å². The molecular weight excluding hydrogens is 216 g/mol. The van der Waals surface area contributed by atoms with Crippen LogP contribution in [-0.2, 0) is 4.79 Å². The lowest BCUT2D eigenvalue weighted by Crippen LogP contribution is -2.19. The average molecular weight is 232 g/mol. The van der Waals surface area contributed by atoms with Crippen LogP contribution in [0, 0.1) is 5.92 Å². The molecule has 0 bridgehead atoms. The third-order valence-corrected chi connectivity index (χ3v) is 3.39. The van der Waals surface area contributed by atoms with Crippen molar-refractivity contribution in [3.63, 3.8) is 0 Å². The number of anilines is 1. The molecule has 4 heteroatoms. The highest BCUT2D eigenvalue weighted by Gasteiger charge is 2.27. The number of nitrogens with two attached hydrogens (primary N) is 1. The fraction of sp³-hybridized carbons (Fsp3) is 0.462. The zero-order valence-electron chi connectivity index (χ0n) is 9.61. The van der Waals surface area contributed by atoms with Crippen LogP contribution in [0.2, 0.25) is 0 Å². The molecule has 1 saturated carbocycles. The standard InChI is InChI=1S/C13H16N2O2/c14-12-10-4-3-9(7-11(10)15-13(12)16)17-6-5-8-1-2-8/h3-4,7-8,12H,1-2,5-6,14H2,(H,15,16). The van der Waals surface area contributed by atoms with E-state index < -0.39 is 6.04 Å². The quantitative estimate of drug-likeness (QED) is 0.832. The van der Waals surface area contributed by atoms with Crippen LogP contribution in [0.3, 0.4) is 0 Å². The van der Waals surface area contributed by atoms with Crippen LogP contribution in [-0.4, -0.2) is 12.5 Å². The minimum absolute atomic E-state index is 0.143. The lowest BCUT2D eigenvalue weighted by atomic mass is 10.1. The van der Waals surface area contributed by atoms with Gasteiger partial charge in [0.2, 0.25) is 5.91 Å². The summed E-state index contributed by atoms with van der Waals surface area (Å²) in [5, 5.41) is 2.76. The summed E-state index contributed by atoms with van der Waals surface area (Å²) < 4.78 is 5.66. The van der Waals surface area contributed by atoms with Crippen LogP contribution in [0.1, 0.15) is 30.9 Å². The first-order valence-electron chi connectivity index (χ1n) is 6.07. The summed E-state index contributed by atoms with van der Waals surface area (Å²) in [4.78, 5) is 11.4. The number of rotatable bonds is 4. The van der Waals surface area contributed by atoms with Crippen LogP contribution in [0.15, 0.2) is 18.2 Å². The summed E-state index contributed by atoms with van der Waals surface area (Å²) in [6, 6.07) is 5.06. The van der Waals surface area contributed by atoms with Crippen LogP contribution in [0.5, 0.6) is 5.75 Å². The molecule has 1 unspecified atom stereocenters. The van der Waals surface area contributed by atoms with Gasteiger partial charge in [0.15, 0.2) is 0 Å². The summed E-state index contributed by atoms with van der Waals surface area (Å²) in [6.07, 6.45) is 3.82. The molecule has 3 rings (SSSR count). The van der Waals surface area contributed by atoms with Crippen molar-refractivity contribution in [1.29, 1.82) is 0 Å². The van der Waals surface area contributed by atoms with Gasteiger partial charge >= 0.3 is 0 Å². The molecule has 0 radical (unpaired) electrons. The summed E-state index contributed by atoms with van der Waals surface area (Å²) >= 11 is 0. The number of nitrogens with one attached hydrogen (secondary N) is 1. The van der Waals surface area contributed by atoms with E-state index in [-0.39, 0.29) is 5.91 Å². The zero-order valence-corrected chi connectivity index (χ0v) is 9.61. The predicted octanol–water partition coefficient (Wildman–Crippen LogP) is 1.82. The second-order valence-electron chi connectivity index (χ2n) is 4.80. The first kappa shape index (κ1) is 10.6. The molecule has 1 atom stereocenters. The molecular formula is C13H16N2O2. The van der Waals surface area contributed by atoms with Crippen molar-refractivity contribution < 1.29 is 9.53 Å². The largest absolute Gasteiger partial charge is 0.494 e. The number of fused-ring (bicyclic) bond motifs is 1. The lowest BCUT2D eigenvalue weighted by Gasteiger charge is -2.07. The van der Waals surface area contributed by atoms with Gasteiger partial charge in [0.05, 0.1) is 6.61 Å². The van der Waals surface area contributed by atoms with Crippen molar-refractivity contribution in [3.8, 4) is 5.75 Å². The highest BCUT2D eigenvalue weighted by molar-refractivity contribution is 6.02. The summed E-state index contributed by atoms with van der Waals surface area (Å²) in [5.74, 6) is 1.53. The molecule has 90 valence electrons. The molecule has 1 aromatic rings. The molecule has 1 amide bonds. The van der Waals surface area contributed by atoms with Gasteiger partial charge in [-0.15, -0.1) is 0 Å². The van der Waals surface area contributed by atoms with Gasteiger partial charge in [0.1, 0.15) is 11.8 Å². The number of carbonyl (C=O) groups is 1. The van der Waals surface area contributed by atoms with Gasteiger partial charge in [0, 0.05) is 17.3 Å². The van der Waals surface area contributed by atoms with Gasteiger partial charge < -0.3 is 15.8 Å². The van der Waals surface area contributed by atoms with E-state index >= 15 is 0 Å². The number of carbonyl (C=O) groups excluding carboxylic acids is 1. The Morgan fingerprint density at radius 3 is 3.00 bits per heavy atom. The first-order valence-corrected chi connectivity index (χ1v) is 6.07. The van der Waals surface area contributed by atoms with Gasteiger partial charge in [-0.2, -0.15) is 0 Å². The summed E-state index contributed by atoms with van der Waals surface area (Å²) in [5.41, 5.74) is 7.37. The molecule has 0 spiro atoms. The van der Waals surface area contributed by atoms with Crippen LogP contribution in [0.4, 0.5) is 5.69 Å².